The third-order valence-electron chi connectivity index (χ3n) is 5.95. The molecule has 164 valence electrons. The van der Waals surface area contributed by atoms with Gasteiger partial charge in [0.1, 0.15) is 0 Å². The minimum absolute atomic E-state index is 0.0534. The number of aliphatic imine (C=N–C) groups is 1. The monoisotopic (exact) mass is 420 g/mol. The summed E-state index contributed by atoms with van der Waals surface area (Å²) in [7, 11) is 5.02. The van der Waals surface area contributed by atoms with Gasteiger partial charge in [0.05, 0.1) is 14.2 Å². The Hall–Kier alpha value is -3.08. The van der Waals surface area contributed by atoms with Crippen LogP contribution < -0.4 is 9.47 Å². The largest absolute Gasteiger partial charge is 0.493 e. The van der Waals surface area contributed by atoms with Crippen molar-refractivity contribution in [3.05, 3.63) is 64.7 Å². The van der Waals surface area contributed by atoms with Crippen LogP contribution in [-0.2, 0) is 0 Å². The van der Waals surface area contributed by atoms with E-state index >= 15 is 0 Å². The zero-order chi connectivity index (χ0) is 22.6. The molecule has 0 fully saturated rings. The zero-order valence-electron chi connectivity index (χ0n) is 19.4. The van der Waals surface area contributed by atoms with Crippen molar-refractivity contribution in [1.82, 2.24) is 4.90 Å². The highest BCUT2D eigenvalue weighted by Crippen LogP contribution is 2.39. The van der Waals surface area contributed by atoms with E-state index in [1.165, 1.54) is 11.1 Å². The average Bonchev–Trinajstić information content (AvgIpc) is 2.88. The van der Waals surface area contributed by atoms with Gasteiger partial charge in [0.25, 0.3) is 5.91 Å². The molecule has 1 heterocycles. The van der Waals surface area contributed by atoms with Gasteiger partial charge in [0.15, 0.2) is 11.5 Å². The molecule has 1 aliphatic heterocycles. The van der Waals surface area contributed by atoms with E-state index in [9.17, 15) is 4.79 Å². The van der Waals surface area contributed by atoms with Crippen LogP contribution in [0.15, 0.2) is 53.0 Å². The molecule has 0 N–H and O–H groups in total. The van der Waals surface area contributed by atoms with Gasteiger partial charge in [-0.05, 0) is 74.6 Å². The number of carbonyl (C=O) groups is 1. The molecule has 0 aliphatic carbocycles. The molecule has 0 bridgehead atoms. The van der Waals surface area contributed by atoms with Gasteiger partial charge in [-0.3, -0.25) is 9.79 Å². The Morgan fingerprint density at radius 1 is 1.10 bits per heavy atom. The Bertz CT molecular complexity index is 1020. The highest BCUT2D eigenvalue weighted by Gasteiger charge is 2.35. The normalized spacial score (nSPS) is 16.4. The summed E-state index contributed by atoms with van der Waals surface area (Å²) >= 11 is 0. The van der Waals surface area contributed by atoms with Crippen LogP contribution in [0.5, 0.6) is 11.5 Å². The maximum Gasteiger partial charge on any atom is 0.254 e. The van der Waals surface area contributed by atoms with E-state index in [1.54, 1.807) is 27.5 Å². The third kappa shape index (κ3) is 4.82. The molecule has 2 aromatic carbocycles. The van der Waals surface area contributed by atoms with Crippen molar-refractivity contribution in [3.63, 3.8) is 0 Å². The van der Waals surface area contributed by atoms with Crippen molar-refractivity contribution in [2.45, 2.75) is 39.2 Å². The summed E-state index contributed by atoms with van der Waals surface area (Å²) in [6.07, 6.45) is 3.36. The molecule has 0 atom stereocenters. The number of nitrogens with zero attached hydrogens (tertiary/aromatic N) is 2. The number of rotatable bonds is 5. The van der Waals surface area contributed by atoms with Crippen LogP contribution in [0.25, 0.3) is 5.57 Å². The number of hydrogen-bond acceptors (Lipinski definition) is 4. The van der Waals surface area contributed by atoms with E-state index in [0.717, 1.165) is 24.0 Å². The lowest BCUT2D eigenvalue weighted by atomic mass is 9.87. The van der Waals surface area contributed by atoms with Gasteiger partial charge >= 0.3 is 0 Å². The van der Waals surface area contributed by atoms with Gasteiger partial charge in [-0.15, -0.1) is 0 Å². The molecule has 31 heavy (non-hydrogen) atoms. The number of benzene rings is 2. The van der Waals surface area contributed by atoms with Gasteiger partial charge in [0.2, 0.25) is 0 Å². The molecule has 5 nitrogen and oxygen atoms in total. The smallest absolute Gasteiger partial charge is 0.254 e. The number of hydrogen-bond donors (Lipinski definition) is 0. The van der Waals surface area contributed by atoms with E-state index in [4.69, 9.17) is 9.47 Å². The van der Waals surface area contributed by atoms with Crippen LogP contribution in [0.4, 0.5) is 0 Å². The van der Waals surface area contributed by atoms with Crippen LogP contribution in [0, 0.1) is 0 Å². The summed E-state index contributed by atoms with van der Waals surface area (Å²) in [4.78, 5) is 19.6. The van der Waals surface area contributed by atoms with Gasteiger partial charge in [-0.2, -0.15) is 0 Å². The van der Waals surface area contributed by atoms with Gasteiger partial charge in [-0.25, -0.2) is 0 Å². The summed E-state index contributed by atoms with van der Waals surface area (Å²) in [6.45, 7) is 7.12. The fourth-order valence-electron chi connectivity index (χ4n) is 4.22. The van der Waals surface area contributed by atoms with Crippen molar-refractivity contribution >= 4 is 17.7 Å². The van der Waals surface area contributed by atoms with E-state index in [-0.39, 0.29) is 11.4 Å². The molecule has 0 aromatic heterocycles. The standard InChI is InChI=1S/C26H32N2O3/c1-18-12-13-28(25(29)21-9-7-8-19(14-21)17-27-4)26(2,3)16-22(18)20-10-11-23(30-5)24(15-20)31-6/h7-11,14-15,17H,12-13,16H2,1-6H3. The highest BCUT2D eigenvalue weighted by molar-refractivity contribution is 5.97. The van der Waals surface area contributed by atoms with Crippen molar-refractivity contribution in [2.75, 3.05) is 27.8 Å². The first-order valence-electron chi connectivity index (χ1n) is 10.6. The second-order valence-electron chi connectivity index (χ2n) is 8.54. The minimum Gasteiger partial charge on any atom is -0.493 e. The Labute approximate surface area is 185 Å². The van der Waals surface area contributed by atoms with Crippen molar-refractivity contribution in [3.8, 4) is 11.5 Å². The number of amides is 1. The maximum atomic E-state index is 13.5. The summed E-state index contributed by atoms with van der Waals surface area (Å²) in [5.41, 5.74) is 4.94. The van der Waals surface area contributed by atoms with Crippen LogP contribution in [0.2, 0.25) is 0 Å². The summed E-state index contributed by atoms with van der Waals surface area (Å²) in [5, 5.41) is 0. The molecule has 1 amide bonds. The third-order valence-corrected chi connectivity index (χ3v) is 5.95. The first kappa shape index (κ1) is 22.6. The lowest BCUT2D eigenvalue weighted by Gasteiger charge is -2.38. The van der Waals surface area contributed by atoms with Crippen LogP contribution in [0.1, 0.15) is 55.1 Å². The predicted octanol–water partition coefficient (Wildman–Crippen LogP) is 5.24. The lowest BCUT2D eigenvalue weighted by Crippen LogP contribution is -2.47. The summed E-state index contributed by atoms with van der Waals surface area (Å²) < 4.78 is 10.9. The molecule has 0 unspecified atom stereocenters. The SMILES string of the molecule is CN=Cc1cccc(C(=O)N2CCC(C)=C(c3ccc(OC)c(OC)c3)CC2(C)C)c1. The number of methoxy groups -OCH3 is 2. The van der Waals surface area contributed by atoms with Gasteiger partial charge in [0, 0.05) is 30.9 Å². The van der Waals surface area contributed by atoms with Gasteiger partial charge in [-0.1, -0.05) is 23.8 Å². The Morgan fingerprint density at radius 2 is 1.84 bits per heavy atom. The molecule has 0 saturated carbocycles. The zero-order valence-corrected chi connectivity index (χ0v) is 19.4. The van der Waals surface area contributed by atoms with Crippen molar-refractivity contribution in [1.29, 1.82) is 0 Å². The minimum atomic E-state index is -0.341. The van der Waals surface area contributed by atoms with E-state index in [0.29, 0.717) is 23.6 Å². The highest BCUT2D eigenvalue weighted by atomic mass is 16.5. The topological polar surface area (TPSA) is 51.1 Å². The van der Waals surface area contributed by atoms with Crippen molar-refractivity contribution in [2.24, 2.45) is 4.99 Å². The maximum absolute atomic E-state index is 13.5. The first-order chi connectivity index (χ1) is 14.8. The Balaban J connectivity index is 1.92. The van der Waals surface area contributed by atoms with E-state index < -0.39 is 0 Å². The number of ether oxygens (including phenoxy) is 2. The predicted molar refractivity (Wildman–Crippen MR) is 126 cm³/mol. The fourth-order valence-corrected chi connectivity index (χ4v) is 4.22. The Kier molecular flexibility index (Phi) is 6.84. The fraction of sp³-hybridized carbons (Fsp3) is 0.385. The number of carbonyl (C=O) groups excluding carboxylic acids is 1. The molecule has 3 rings (SSSR count). The second-order valence-corrected chi connectivity index (χ2v) is 8.54. The van der Waals surface area contributed by atoms with Crippen molar-refractivity contribution < 1.29 is 14.3 Å². The molecule has 1 aliphatic rings. The molecule has 0 radical (unpaired) electrons. The van der Waals surface area contributed by atoms with Crippen LogP contribution in [-0.4, -0.2) is 50.4 Å². The first-order valence-corrected chi connectivity index (χ1v) is 10.6. The molecular formula is C26H32N2O3. The average molecular weight is 421 g/mol. The molecule has 5 heteroatoms. The lowest BCUT2D eigenvalue weighted by molar-refractivity contribution is 0.0569. The molecule has 2 aromatic rings. The quantitative estimate of drug-likeness (QED) is 0.622. The Morgan fingerprint density at radius 3 is 2.52 bits per heavy atom. The van der Waals surface area contributed by atoms with Crippen LogP contribution in [0.3, 0.4) is 0 Å². The molecular weight excluding hydrogens is 388 g/mol. The van der Waals surface area contributed by atoms with E-state index in [1.807, 2.05) is 41.3 Å². The van der Waals surface area contributed by atoms with Gasteiger partial charge < -0.3 is 14.4 Å². The van der Waals surface area contributed by atoms with E-state index in [2.05, 4.69) is 31.8 Å². The molecule has 0 saturated heterocycles. The molecule has 0 spiro atoms. The summed E-state index contributed by atoms with van der Waals surface area (Å²) in [5.74, 6) is 1.48. The van der Waals surface area contributed by atoms with Crippen LogP contribution >= 0.6 is 0 Å². The summed E-state index contributed by atoms with van der Waals surface area (Å²) in [6, 6.07) is 13.7. The second kappa shape index (κ2) is 9.38.